The van der Waals surface area contributed by atoms with Gasteiger partial charge in [0.2, 0.25) is 0 Å². The topological polar surface area (TPSA) is 56.1 Å². The Bertz CT molecular complexity index is 1260. The van der Waals surface area contributed by atoms with Crippen LogP contribution in [0.5, 0.6) is 0 Å². The molecule has 1 spiro atoms. The molecule has 184 valence electrons. The maximum Gasteiger partial charge on any atom is 0.393 e. The van der Waals surface area contributed by atoms with Crippen molar-refractivity contribution in [1.29, 1.82) is 5.26 Å². The Kier molecular flexibility index (Phi) is 6.01. The summed E-state index contributed by atoms with van der Waals surface area (Å²) in [7, 11) is 0. The maximum absolute atomic E-state index is 12.9. The molecule has 0 radical (unpaired) electrons. The molecule has 0 saturated carbocycles. The van der Waals surface area contributed by atoms with Crippen molar-refractivity contribution in [1.82, 2.24) is 14.9 Å². The molecule has 0 bridgehead atoms. The molecule has 1 atom stereocenters. The minimum Gasteiger partial charge on any atom is -0.355 e. The third-order valence-corrected chi connectivity index (χ3v) is 8.39. The Morgan fingerprint density at radius 3 is 2.54 bits per heavy atom. The van der Waals surface area contributed by atoms with Gasteiger partial charge in [-0.3, -0.25) is 4.90 Å². The van der Waals surface area contributed by atoms with Crippen LogP contribution in [0.2, 0.25) is 0 Å². The van der Waals surface area contributed by atoms with Crippen LogP contribution in [-0.2, 0) is 18.4 Å². The number of nitriles is 1. The Morgan fingerprint density at radius 2 is 1.83 bits per heavy atom. The maximum atomic E-state index is 12.9. The Balaban J connectivity index is 1.26. The summed E-state index contributed by atoms with van der Waals surface area (Å²) in [6.45, 7) is 8.45. The summed E-state index contributed by atoms with van der Waals surface area (Å²) >= 11 is 1.10. The van der Waals surface area contributed by atoms with Crippen molar-refractivity contribution in [2.45, 2.75) is 51.2 Å². The lowest BCUT2D eigenvalue weighted by Crippen LogP contribution is -2.31. The molecule has 0 unspecified atom stereocenters. The average molecular weight is 500 g/mol. The van der Waals surface area contributed by atoms with Gasteiger partial charge in [0.25, 0.3) is 0 Å². The number of hydrogen-bond donors (Lipinski definition) is 0. The summed E-state index contributed by atoms with van der Waals surface area (Å²) in [5, 5.41) is 10.1. The van der Waals surface area contributed by atoms with Crippen LogP contribution in [0.4, 0.5) is 19.0 Å². The highest BCUT2D eigenvalue weighted by molar-refractivity contribution is 7.18. The number of likely N-dealkylation sites (tertiary alicyclic amines) is 1. The van der Waals surface area contributed by atoms with Crippen molar-refractivity contribution in [3.63, 3.8) is 0 Å². The summed E-state index contributed by atoms with van der Waals surface area (Å²) in [6.07, 6.45) is -1.55. The molecular weight excluding hydrogens is 471 g/mol. The second-order valence-corrected chi connectivity index (χ2v) is 11.6. The molecule has 5 nitrogen and oxygen atoms in total. The molecule has 5 rings (SSSR count). The summed E-state index contributed by atoms with van der Waals surface area (Å²) in [6, 6.07) is 12.3. The van der Waals surface area contributed by atoms with E-state index in [1.165, 1.54) is 11.9 Å². The lowest BCUT2D eigenvalue weighted by Gasteiger charge is -2.25. The van der Waals surface area contributed by atoms with E-state index >= 15 is 0 Å². The van der Waals surface area contributed by atoms with E-state index in [0.717, 1.165) is 73.7 Å². The van der Waals surface area contributed by atoms with Gasteiger partial charge in [-0.05, 0) is 50.4 Å². The monoisotopic (exact) mass is 499 g/mol. The first-order chi connectivity index (χ1) is 16.6. The van der Waals surface area contributed by atoms with Gasteiger partial charge < -0.3 is 4.90 Å². The number of aromatic nitrogens is 2. The Morgan fingerprint density at radius 1 is 1.09 bits per heavy atom. The predicted octanol–water partition coefficient (Wildman–Crippen LogP) is 5.70. The van der Waals surface area contributed by atoms with E-state index < -0.39 is 18.0 Å². The Labute approximate surface area is 207 Å². The quantitative estimate of drug-likeness (QED) is 0.451. The molecule has 2 aliphatic rings. The number of halogens is 3. The number of benzene rings is 1. The smallest absolute Gasteiger partial charge is 0.355 e. The van der Waals surface area contributed by atoms with Crippen molar-refractivity contribution < 1.29 is 13.2 Å². The molecule has 4 heterocycles. The zero-order chi connectivity index (χ0) is 24.8. The van der Waals surface area contributed by atoms with Gasteiger partial charge in [0, 0.05) is 36.5 Å². The normalized spacial score (nSPS) is 21.3. The minimum absolute atomic E-state index is 0.171. The lowest BCUT2D eigenvalue weighted by molar-refractivity contribution is -0.126. The van der Waals surface area contributed by atoms with E-state index in [1.807, 2.05) is 13.8 Å². The van der Waals surface area contributed by atoms with Gasteiger partial charge in [-0.25, -0.2) is 9.97 Å². The third-order valence-electron chi connectivity index (χ3n) is 7.35. The van der Waals surface area contributed by atoms with Gasteiger partial charge in [0.05, 0.1) is 23.3 Å². The van der Waals surface area contributed by atoms with Gasteiger partial charge in [-0.15, -0.1) is 11.3 Å². The zero-order valence-electron chi connectivity index (χ0n) is 19.9. The van der Waals surface area contributed by atoms with Crippen LogP contribution in [-0.4, -0.2) is 47.2 Å². The van der Waals surface area contributed by atoms with Gasteiger partial charge in [-0.2, -0.15) is 18.4 Å². The molecule has 2 fully saturated rings. The molecule has 3 aromatic rings. The number of fused-ring (bicyclic) bond motifs is 1. The molecule has 35 heavy (non-hydrogen) atoms. The van der Waals surface area contributed by atoms with E-state index in [1.54, 1.807) is 6.07 Å². The molecule has 9 heteroatoms. The summed E-state index contributed by atoms with van der Waals surface area (Å²) in [5.41, 5.74) is 1.94. The van der Waals surface area contributed by atoms with Gasteiger partial charge >= 0.3 is 6.18 Å². The zero-order valence-corrected chi connectivity index (χ0v) is 20.7. The molecule has 2 aliphatic heterocycles. The molecular formula is C26H28F3N5S. The van der Waals surface area contributed by atoms with Gasteiger partial charge in [0.1, 0.15) is 17.0 Å². The van der Waals surface area contributed by atoms with Crippen molar-refractivity contribution in [2.75, 3.05) is 31.1 Å². The number of rotatable bonds is 5. The summed E-state index contributed by atoms with van der Waals surface area (Å²) < 4.78 is 38.7. The van der Waals surface area contributed by atoms with E-state index in [-0.39, 0.29) is 10.3 Å². The van der Waals surface area contributed by atoms with Crippen LogP contribution in [0.3, 0.4) is 0 Å². The van der Waals surface area contributed by atoms with Gasteiger partial charge in [0.15, 0.2) is 0 Å². The first kappa shape index (κ1) is 24.0. The highest BCUT2D eigenvalue weighted by Gasteiger charge is 2.44. The molecule has 2 aromatic heterocycles. The highest BCUT2D eigenvalue weighted by Crippen LogP contribution is 2.43. The van der Waals surface area contributed by atoms with Crippen molar-refractivity contribution in [3.05, 3.63) is 52.7 Å². The fraction of sp³-hybridized carbons (Fsp3) is 0.500. The number of anilines is 1. The SMILES string of the molecule is CC(C)(C#N)c1ccc(CN2CC[C@@]3(CCN(c4ncnc5sc(CC(F)(F)F)cc45)C3)C2)cc1. The molecule has 2 saturated heterocycles. The largest absolute Gasteiger partial charge is 0.393 e. The molecule has 1 aromatic carbocycles. The summed E-state index contributed by atoms with van der Waals surface area (Å²) in [4.78, 5) is 14.3. The van der Waals surface area contributed by atoms with Crippen LogP contribution in [0.25, 0.3) is 10.2 Å². The third kappa shape index (κ3) is 5.00. The number of alkyl halides is 3. The standard InChI is InChI=1S/C26H28F3N5S/c1-24(2,14-30)19-5-3-18(4-6-19)13-33-9-7-25(15-33)8-10-34(16-25)22-21-11-20(12-26(27,28)29)35-23(21)32-17-31-22/h3-6,11,17H,7-10,12-13,15-16H2,1-2H3/t25-/m1/s1. The lowest BCUT2D eigenvalue weighted by atomic mass is 9.86. The first-order valence-corrected chi connectivity index (χ1v) is 12.7. The second-order valence-electron chi connectivity index (χ2n) is 10.5. The van der Waals surface area contributed by atoms with Crippen LogP contribution in [0.15, 0.2) is 36.7 Å². The Hall–Kier alpha value is -2.70. The highest BCUT2D eigenvalue weighted by atomic mass is 32.1. The molecule has 0 N–H and O–H groups in total. The van der Waals surface area contributed by atoms with E-state index in [0.29, 0.717) is 4.83 Å². The van der Waals surface area contributed by atoms with Crippen LogP contribution < -0.4 is 4.90 Å². The number of hydrogen-bond acceptors (Lipinski definition) is 6. The summed E-state index contributed by atoms with van der Waals surface area (Å²) in [5.74, 6) is 0.755. The van der Waals surface area contributed by atoms with Crippen LogP contribution in [0, 0.1) is 16.7 Å². The van der Waals surface area contributed by atoms with E-state index in [9.17, 15) is 18.4 Å². The van der Waals surface area contributed by atoms with E-state index in [2.05, 4.69) is 50.1 Å². The fourth-order valence-corrected chi connectivity index (χ4v) is 6.41. The molecule has 0 amide bonds. The average Bonchev–Trinajstić information content (AvgIpc) is 3.51. The van der Waals surface area contributed by atoms with Crippen LogP contribution in [0.1, 0.15) is 42.7 Å². The number of nitrogens with zero attached hydrogens (tertiary/aromatic N) is 5. The number of thiophene rings is 1. The predicted molar refractivity (Wildman–Crippen MR) is 131 cm³/mol. The van der Waals surface area contributed by atoms with Crippen molar-refractivity contribution >= 4 is 27.4 Å². The van der Waals surface area contributed by atoms with Crippen molar-refractivity contribution in [2.24, 2.45) is 5.41 Å². The minimum atomic E-state index is -4.23. The first-order valence-electron chi connectivity index (χ1n) is 11.8. The molecule has 0 aliphatic carbocycles. The van der Waals surface area contributed by atoms with Crippen molar-refractivity contribution in [3.8, 4) is 6.07 Å². The second kappa shape index (κ2) is 8.75. The van der Waals surface area contributed by atoms with Crippen LogP contribution >= 0.6 is 11.3 Å². The fourth-order valence-electron chi connectivity index (χ4n) is 5.39. The van der Waals surface area contributed by atoms with E-state index in [4.69, 9.17) is 0 Å². The van der Waals surface area contributed by atoms with Gasteiger partial charge in [-0.1, -0.05) is 24.3 Å².